The van der Waals surface area contributed by atoms with Crippen LogP contribution in [-0.4, -0.2) is 23.8 Å². The maximum absolute atomic E-state index is 10.1. The second kappa shape index (κ2) is 4.99. The number of aliphatic hydroxyl groups excluding tert-OH is 1. The van der Waals surface area contributed by atoms with Crippen molar-refractivity contribution >= 4 is 0 Å². The summed E-state index contributed by atoms with van der Waals surface area (Å²) in [7, 11) is 1.56. The minimum absolute atomic E-state index is 0.508. The molecule has 1 atom stereocenters. The van der Waals surface area contributed by atoms with Gasteiger partial charge in [0.2, 0.25) is 5.88 Å². The molecule has 1 unspecified atom stereocenters. The van der Waals surface area contributed by atoms with Crippen LogP contribution < -0.4 is 4.74 Å². The van der Waals surface area contributed by atoms with E-state index in [1.807, 2.05) is 6.07 Å². The molecule has 1 aliphatic heterocycles. The minimum Gasteiger partial charge on any atom is -0.501 e. The van der Waals surface area contributed by atoms with Gasteiger partial charge in [-0.2, -0.15) is 0 Å². The van der Waals surface area contributed by atoms with Crippen molar-refractivity contribution in [3.05, 3.63) is 35.7 Å². The molecule has 0 spiro atoms. The van der Waals surface area contributed by atoms with Crippen molar-refractivity contribution in [2.24, 2.45) is 0 Å². The summed E-state index contributed by atoms with van der Waals surface area (Å²) in [5.74, 6) is 0.508. The van der Waals surface area contributed by atoms with Gasteiger partial charge in [-0.3, -0.25) is 0 Å². The fraction of sp³-hybridized carbons (Fsp3) is 0.417. The maximum atomic E-state index is 10.1. The molecule has 16 heavy (non-hydrogen) atoms. The summed E-state index contributed by atoms with van der Waals surface area (Å²) in [6.07, 6.45) is 2.72. The van der Waals surface area contributed by atoms with Crippen LogP contribution in [0.1, 0.15) is 24.6 Å². The Hall–Kier alpha value is -1.55. The number of rotatable bonds is 3. The van der Waals surface area contributed by atoms with E-state index >= 15 is 0 Å². The Kier molecular flexibility index (Phi) is 3.41. The molecule has 0 saturated heterocycles. The lowest BCUT2D eigenvalue weighted by atomic mass is 10.0. The van der Waals surface area contributed by atoms with E-state index in [0.29, 0.717) is 11.6 Å². The average Bonchev–Trinajstić information content (AvgIpc) is 2.39. The molecule has 0 saturated carbocycles. The number of methoxy groups -OCH3 is 1. The highest BCUT2D eigenvalue weighted by Gasteiger charge is 2.17. The van der Waals surface area contributed by atoms with E-state index in [2.05, 4.69) is 4.98 Å². The van der Waals surface area contributed by atoms with E-state index in [-0.39, 0.29) is 0 Å². The Balaban J connectivity index is 2.19. The first-order valence-electron chi connectivity index (χ1n) is 5.31. The average molecular weight is 221 g/mol. The van der Waals surface area contributed by atoms with Crippen LogP contribution in [0.25, 0.3) is 0 Å². The molecule has 1 aliphatic rings. The minimum atomic E-state index is -0.699. The van der Waals surface area contributed by atoms with Crippen molar-refractivity contribution in [2.75, 3.05) is 13.7 Å². The van der Waals surface area contributed by atoms with Crippen LogP contribution in [0.3, 0.4) is 0 Å². The molecule has 2 rings (SSSR count). The first-order chi connectivity index (χ1) is 7.81. The third-order valence-corrected chi connectivity index (χ3v) is 2.55. The Morgan fingerprint density at radius 1 is 1.50 bits per heavy atom. The molecule has 0 amide bonds. The molecule has 86 valence electrons. The normalized spacial score (nSPS) is 17.2. The van der Waals surface area contributed by atoms with Gasteiger partial charge in [-0.1, -0.05) is 6.07 Å². The van der Waals surface area contributed by atoms with E-state index in [0.717, 1.165) is 25.0 Å². The lowest BCUT2D eigenvalue weighted by Gasteiger charge is -2.18. The van der Waals surface area contributed by atoms with E-state index < -0.39 is 6.10 Å². The summed E-state index contributed by atoms with van der Waals surface area (Å²) < 4.78 is 10.2. The number of hydrogen-bond donors (Lipinski definition) is 1. The molecule has 1 N–H and O–H groups in total. The van der Waals surface area contributed by atoms with Gasteiger partial charge in [0, 0.05) is 6.07 Å². The standard InChI is InChI=1S/C12H15NO3/c1-15-11-6-2-5-10(13-11)12(14)9-4-3-7-16-8-9/h2,5-6,8,12,14H,3-4,7H2,1H3. The third-order valence-electron chi connectivity index (χ3n) is 2.55. The maximum Gasteiger partial charge on any atom is 0.213 e. The van der Waals surface area contributed by atoms with Gasteiger partial charge >= 0.3 is 0 Å². The number of hydrogen-bond acceptors (Lipinski definition) is 4. The van der Waals surface area contributed by atoms with Crippen LogP contribution >= 0.6 is 0 Å². The van der Waals surface area contributed by atoms with Gasteiger partial charge in [0.05, 0.1) is 25.7 Å². The van der Waals surface area contributed by atoms with Gasteiger partial charge in [0.1, 0.15) is 6.10 Å². The van der Waals surface area contributed by atoms with Gasteiger partial charge in [0.25, 0.3) is 0 Å². The molecule has 0 aromatic carbocycles. The van der Waals surface area contributed by atoms with Crippen molar-refractivity contribution in [1.82, 2.24) is 4.98 Å². The van der Waals surface area contributed by atoms with E-state index in [1.165, 1.54) is 0 Å². The van der Waals surface area contributed by atoms with Crippen molar-refractivity contribution in [3.8, 4) is 5.88 Å². The van der Waals surface area contributed by atoms with E-state index in [4.69, 9.17) is 9.47 Å². The Bertz CT molecular complexity index is 390. The van der Waals surface area contributed by atoms with Crippen molar-refractivity contribution in [1.29, 1.82) is 0 Å². The van der Waals surface area contributed by atoms with Crippen LogP contribution in [0.5, 0.6) is 5.88 Å². The largest absolute Gasteiger partial charge is 0.501 e. The zero-order valence-corrected chi connectivity index (χ0v) is 9.22. The van der Waals surface area contributed by atoms with Gasteiger partial charge in [-0.25, -0.2) is 4.98 Å². The summed E-state index contributed by atoms with van der Waals surface area (Å²) in [6, 6.07) is 5.35. The lowest BCUT2D eigenvalue weighted by molar-refractivity contribution is 0.167. The molecule has 0 radical (unpaired) electrons. The zero-order valence-electron chi connectivity index (χ0n) is 9.22. The fourth-order valence-corrected chi connectivity index (χ4v) is 1.67. The monoisotopic (exact) mass is 221 g/mol. The molecule has 1 aromatic heterocycles. The number of aromatic nitrogens is 1. The molecule has 1 aromatic rings. The Labute approximate surface area is 94.5 Å². The topological polar surface area (TPSA) is 51.6 Å². The summed E-state index contributed by atoms with van der Waals surface area (Å²) in [4.78, 5) is 4.20. The smallest absolute Gasteiger partial charge is 0.213 e. The second-order valence-corrected chi connectivity index (χ2v) is 3.67. The summed E-state index contributed by atoms with van der Waals surface area (Å²) >= 11 is 0. The molecule has 4 nitrogen and oxygen atoms in total. The molecular weight excluding hydrogens is 206 g/mol. The predicted molar refractivity (Wildman–Crippen MR) is 59.0 cm³/mol. The van der Waals surface area contributed by atoms with Gasteiger partial charge < -0.3 is 14.6 Å². The van der Waals surface area contributed by atoms with Crippen LogP contribution in [0.15, 0.2) is 30.0 Å². The van der Waals surface area contributed by atoms with Crippen molar-refractivity contribution in [3.63, 3.8) is 0 Å². The molecule has 4 heteroatoms. The van der Waals surface area contributed by atoms with Gasteiger partial charge in [-0.15, -0.1) is 0 Å². The van der Waals surface area contributed by atoms with Crippen molar-refractivity contribution in [2.45, 2.75) is 18.9 Å². The Morgan fingerprint density at radius 3 is 3.06 bits per heavy atom. The molecule has 0 bridgehead atoms. The molecule has 0 fully saturated rings. The lowest BCUT2D eigenvalue weighted by Crippen LogP contribution is -2.09. The highest BCUT2D eigenvalue weighted by Crippen LogP contribution is 2.27. The van der Waals surface area contributed by atoms with E-state index in [1.54, 1.807) is 25.5 Å². The van der Waals surface area contributed by atoms with Crippen LogP contribution in [0.4, 0.5) is 0 Å². The summed E-state index contributed by atoms with van der Waals surface area (Å²) in [5, 5.41) is 10.1. The number of aliphatic hydroxyl groups is 1. The molecule has 0 aliphatic carbocycles. The first-order valence-corrected chi connectivity index (χ1v) is 5.31. The van der Waals surface area contributed by atoms with Crippen molar-refractivity contribution < 1.29 is 14.6 Å². The highest BCUT2D eigenvalue weighted by atomic mass is 16.5. The SMILES string of the molecule is COc1cccc(C(O)C2=COCCC2)n1. The highest BCUT2D eigenvalue weighted by molar-refractivity contribution is 5.23. The summed E-state index contributed by atoms with van der Waals surface area (Å²) in [5.41, 5.74) is 1.46. The molecule has 2 heterocycles. The van der Waals surface area contributed by atoms with Crippen LogP contribution in [0, 0.1) is 0 Å². The quantitative estimate of drug-likeness (QED) is 0.845. The number of ether oxygens (including phenoxy) is 2. The number of pyridine rings is 1. The molecular formula is C12H15NO3. The predicted octanol–water partition coefficient (Wildman–Crippen LogP) is 1.82. The third kappa shape index (κ3) is 2.33. The van der Waals surface area contributed by atoms with Crippen LogP contribution in [-0.2, 0) is 4.74 Å². The Morgan fingerprint density at radius 2 is 2.38 bits per heavy atom. The first kappa shape index (κ1) is 11.0. The number of nitrogens with zero attached hydrogens (tertiary/aromatic N) is 1. The van der Waals surface area contributed by atoms with Gasteiger partial charge in [-0.05, 0) is 24.5 Å². The van der Waals surface area contributed by atoms with Gasteiger partial charge in [0.15, 0.2) is 0 Å². The van der Waals surface area contributed by atoms with Crippen LogP contribution in [0.2, 0.25) is 0 Å². The fourth-order valence-electron chi connectivity index (χ4n) is 1.67. The van der Waals surface area contributed by atoms with E-state index in [9.17, 15) is 5.11 Å². The second-order valence-electron chi connectivity index (χ2n) is 3.67. The summed E-state index contributed by atoms with van der Waals surface area (Å²) in [6.45, 7) is 0.724. The zero-order chi connectivity index (χ0) is 11.4.